The van der Waals surface area contributed by atoms with Crippen LogP contribution in [0.4, 0.5) is 0 Å². The lowest BCUT2D eigenvalue weighted by Crippen LogP contribution is -2.62. The first-order valence-corrected chi connectivity index (χ1v) is 45.9. The van der Waals surface area contributed by atoms with Crippen molar-refractivity contribution in [2.24, 2.45) is 63.6 Å². The average Bonchev–Trinajstić information content (AvgIpc) is 0.802. The molecule has 0 spiro atoms. The summed E-state index contributed by atoms with van der Waals surface area (Å²) >= 11 is 0. The van der Waals surface area contributed by atoms with Gasteiger partial charge in [-0.25, -0.2) is 4.79 Å². The summed E-state index contributed by atoms with van der Waals surface area (Å²) in [7, 11) is 0. The second-order valence-corrected chi connectivity index (χ2v) is 33.8. The molecule has 0 heterocycles. The van der Waals surface area contributed by atoms with E-state index in [2.05, 4.69) is 95.7 Å². The summed E-state index contributed by atoms with van der Waals surface area (Å²) in [6.45, 7) is 14.6. The van der Waals surface area contributed by atoms with Gasteiger partial charge in [0.25, 0.3) is 0 Å². The van der Waals surface area contributed by atoms with E-state index >= 15 is 14.4 Å². The zero-order chi connectivity index (χ0) is 101. The van der Waals surface area contributed by atoms with Crippen molar-refractivity contribution in [3.05, 3.63) is 71.8 Å². The minimum Gasteiger partial charge on any atom is -0.480 e. The molecule has 0 aliphatic rings. The highest BCUT2D eigenvalue weighted by molar-refractivity contribution is 6.01. The number of aliphatic hydroxyl groups is 1. The van der Waals surface area contributed by atoms with E-state index in [0.717, 1.165) is 0 Å². The zero-order valence-corrected chi connectivity index (χ0v) is 78.7. The predicted molar refractivity (Wildman–Crippen MR) is 505 cm³/mol. The normalized spacial score (nSPS) is 15.1. The molecule has 47 nitrogen and oxygen atoms in total. The number of nitrogens with two attached hydrogens (primary N) is 8. The standard InChI is InChI=1S/C87H152N30O17/c1-10-49(5)65(91)79(129)114-64(47-55-30-16-13-17-31-55)78(128)108-58(35-24-42-100-84(92)93)71(121)105-51(7)69(119)104-52(8)70(120)106-59(36-25-43-101-85(94)95)74(124)113-63(46-54-28-14-12-15-29-54)77(127)109-61(38-27-45-103-87(98)99)75(125)116-67(50(6)11-2)81(131)111-60(37-26-44-102-86(96)97)72(122)107-57(33-19-22-40-89)76(126)117-68(53(9)118)82(132)115-66(48(3)4)80(130)110-56(32-18-21-39-88)73(123)112-62(83(133)134)34-20-23-41-90/h12-17,28-31,48-53,56-68,118H,10-11,18-27,32-47,88-91H2,1-9H3,(H,104,119)(H,105,121)(H,106,120)(H,107,122)(H,108,128)(H,109,127)(H,110,130)(H,111,131)(H,112,123)(H,113,124)(H,114,129)(H,115,132)(H,116,125)(H,117,126)(H,133,134)(H4,92,93,100)(H4,94,95,101)(H4,96,97,102)(H4,98,99,103)/t49-,50-,51-,52-,53+,56-,57-,58-,59-,60-,61-,62-,63-,64-,65-,66-,67-,68-/m0/s1. The van der Waals surface area contributed by atoms with Gasteiger partial charge in [-0.3, -0.25) is 88.8 Å². The Kier molecular flexibility index (Phi) is 56.3. The molecule has 14 amide bonds. The molecule has 2 aromatic carbocycles. The minimum atomic E-state index is -1.81. The number of carbonyl (C=O) groups is 15. The number of amides is 14. The Morgan fingerprint density at radius 3 is 0.888 bits per heavy atom. The molecule has 0 bridgehead atoms. The van der Waals surface area contributed by atoms with Gasteiger partial charge in [0.05, 0.1) is 12.1 Å². The molecule has 2 aromatic rings. The van der Waals surface area contributed by atoms with Crippen molar-refractivity contribution < 1.29 is 82.1 Å². The summed E-state index contributed by atoms with van der Waals surface area (Å²) < 4.78 is 0. The van der Waals surface area contributed by atoms with Crippen LogP contribution < -0.4 is 142 Å². The van der Waals surface area contributed by atoms with E-state index < -0.39 is 215 Å². The van der Waals surface area contributed by atoms with E-state index in [0.29, 0.717) is 56.2 Å². The van der Waals surface area contributed by atoms with Crippen LogP contribution in [0.3, 0.4) is 0 Å². The van der Waals surface area contributed by atoms with Crippen molar-refractivity contribution in [2.45, 2.75) is 294 Å². The Hall–Kier alpha value is -12.6. The Bertz CT molecular complexity index is 4100. The third-order valence-electron chi connectivity index (χ3n) is 22.2. The molecule has 47 heteroatoms. The molecule has 0 aliphatic carbocycles. The van der Waals surface area contributed by atoms with Crippen LogP contribution in [-0.4, -0.2) is 265 Å². The first-order chi connectivity index (χ1) is 63.4. The van der Waals surface area contributed by atoms with Crippen molar-refractivity contribution in [3.63, 3.8) is 0 Å². The Balaban J connectivity index is 2.65. The van der Waals surface area contributed by atoms with Crippen molar-refractivity contribution >= 4 is 113 Å². The fourth-order valence-electron chi connectivity index (χ4n) is 13.7. The van der Waals surface area contributed by atoms with Crippen LogP contribution in [0.25, 0.3) is 0 Å². The maximum atomic E-state index is 15.1. The lowest BCUT2D eigenvalue weighted by molar-refractivity contribution is -0.142. The number of carboxylic acid groups (broad SMARTS) is 1. The van der Waals surface area contributed by atoms with E-state index in [1.54, 1.807) is 95.3 Å². The van der Waals surface area contributed by atoms with Gasteiger partial charge in [-0.1, -0.05) is 115 Å². The van der Waals surface area contributed by atoms with E-state index in [1.165, 1.54) is 20.8 Å². The molecule has 0 unspecified atom stereocenters. The second kappa shape index (κ2) is 64.3. The Morgan fingerprint density at radius 2 is 0.560 bits per heavy atom. The number of aliphatic hydroxyl groups excluding tert-OH is 1. The number of hydrogen-bond donors (Lipinski definition) is 32. The molecular weight excluding hydrogens is 1740 g/mol. The van der Waals surface area contributed by atoms with Crippen LogP contribution in [0.2, 0.25) is 0 Å². The summed E-state index contributed by atoms with van der Waals surface area (Å²) in [5.41, 5.74) is 46.9. The van der Waals surface area contributed by atoms with Crippen LogP contribution in [-0.2, 0) is 84.8 Å². The van der Waals surface area contributed by atoms with Gasteiger partial charge in [0.1, 0.15) is 84.6 Å². The summed E-state index contributed by atoms with van der Waals surface area (Å²) in [6, 6.07) is -4.36. The highest BCUT2D eigenvalue weighted by Crippen LogP contribution is 2.17. The quantitative estimate of drug-likeness (QED) is 0.0167. The summed E-state index contributed by atoms with van der Waals surface area (Å²) in [5.74, 6) is -17.2. The van der Waals surface area contributed by atoms with Crippen molar-refractivity contribution in [2.75, 3.05) is 45.8 Å². The molecule has 40 N–H and O–H groups in total. The van der Waals surface area contributed by atoms with Crippen LogP contribution >= 0.6 is 0 Å². The first kappa shape index (κ1) is 117. The highest BCUT2D eigenvalue weighted by atomic mass is 16.4. The molecular formula is C87H152N30O17. The fourth-order valence-corrected chi connectivity index (χ4v) is 13.7. The maximum absolute atomic E-state index is 15.1. The van der Waals surface area contributed by atoms with Crippen molar-refractivity contribution in [1.29, 1.82) is 21.6 Å². The maximum Gasteiger partial charge on any atom is 0.326 e. The topological polar surface area (TPSA) is 817 Å². The van der Waals surface area contributed by atoms with Crippen LogP contribution in [0.15, 0.2) is 60.7 Å². The molecule has 0 fully saturated rings. The van der Waals surface area contributed by atoms with Gasteiger partial charge in [-0.05, 0) is 178 Å². The van der Waals surface area contributed by atoms with E-state index in [9.17, 15) is 67.7 Å². The smallest absolute Gasteiger partial charge is 0.326 e. The molecule has 0 radical (unpaired) electrons. The van der Waals surface area contributed by atoms with Crippen molar-refractivity contribution in [1.82, 2.24) is 95.7 Å². The van der Waals surface area contributed by atoms with Crippen LogP contribution in [0, 0.1) is 39.4 Å². The largest absolute Gasteiger partial charge is 0.480 e. The monoisotopic (exact) mass is 1890 g/mol. The first-order valence-electron chi connectivity index (χ1n) is 45.9. The lowest BCUT2D eigenvalue weighted by atomic mass is 9.96. The van der Waals surface area contributed by atoms with E-state index in [-0.39, 0.29) is 147 Å². The number of aliphatic carboxylic acids is 1. The SMILES string of the molecule is CC[C@H](C)[C@H](N)C(=O)N[C@@H](Cc1ccccc1)C(=O)N[C@@H](CCCNC(=N)N)C(=O)N[C@@H](C)C(=O)N[C@@H](C)C(=O)N[C@@H](CCCNC(=N)N)C(=O)N[C@@H](Cc1ccccc1)C(=O)N[C@@H](CCCNC(=N)N)C(=O)N[C@H](C(=O)N[C@@H](CCCNC(=N)N)C(=O)N[C@@H](CCCCN)C(=O)N[C@H](C(=O)N[C@H](C(=O)N[C@@H](CCCCN)C(=O)N[C@@H](CCCCN)C(=O)O)C(C)C)[C@@H](C)O)[C@@H](C)CC. The van der Waals surface area contributed by atoms with Gasteiger partial charge in [0.2, 0.25) is 82.7 Å². The number of carboxylic acids is 1. The van der Waals surface area contributed by atoms with Crippen LogP contribution in [0.1, 0.15) is 195 Å². The van der Waals surface area contributed by atoms with E-state index in [1.807, 2.05) is 6.92 Å². The summed E-state index contributed by atoms with van der Waals surface area (Å²) in [6.07, 6.45) is 0.615. The highest BCUT2D eigenvalue weighted by Gasteiger charge is 2.40. The van der Waals surface area contributed by atoms with Gasteiger partial charge < -0.3 is 152 Å². The van der Waals surface area contributed by atoms with Crippen LogP contribution in [0.5, 0.6) is 0 Å². The molecule has 18 atom stereocenters. The second-order valence-electron chi connectivity index (χ2n) is 33.8. The number of rotatable bonds is 67. The Labute approximate surface area is 783 Å². The number of nitrogens with one attached hydrogen (secondary N) is 22. The van der Waals surface area contributed by atoms with Gasteiger partial charge in [-0.2, -0.15) is 0 Å². The number of carbonyl (C=O) groups excluding carboxylic acids is 14. The predicted octanol–water partition coefficient (Wildman–Crippen LogP) is -5.72. The third-order valence-corrected chi connectivity index (χ3v) is 22.2. The van der Waals surface area contributed by atoms with Gasteiger partial charge >= 0.3 is 5.97 Å². The van der Waals surface area contributed by atoms with Gasteiger partial charge in [0.15, 0.2) is 23.8 Å². The molecule has 134 heavy (non-hydrogen) atoms. The Morgan fingerprint density at radius 1 is 0.306 bits per heavy atom. The number of benzene rings is 2. The molecule has 0 aliphatic heterocycles. The molecule has 0 saturated carbocycles. The third kappa shape index (κ3) is 46.2. The number of hydrogen-bond acceptors (Lipinski definition) is 24. The molecule has 0 aromatic heterocycles. The molecule has 752 valence electrons. The van der Waals surface area contributed by atoms with Gasteiger partial charge in [0, 0.05) is 39.0 Å². The van der Waals surface area contributed by atoms with Crippen molar-refractivity contribution in [3.8, 4) is 0 Å². The number of unbranched alkanes of at least 4 members (excludes halogenated alkanes) is 3. The lowest BCUT2D eigenvalue weighted by Gasteiger charge is -2.30. The zero-order valence-electron chi connectivity index (χ0n) is 78.7. The van der Waals surface area contributed by atoms with E-state index in [4.69, 9.17) is 67.5 Å². The minimum absolute atomic E-state index is 0.00199. The molecule has 0 saturated heterocycles. The van der Waals surface area contributed by atoms with Gasteiger partial charge in [-0.15, -0.1) is 0 Å². The average molecular weight is 1890 g/mol. The summed E-state index contributed by atoms with van der Waals surface area (Å²) in [5, 5.41) is 99.4. The fraction of sp³-hybridized carbons (Fsp3) is 0.644. The number of guanidine groups is 4. The summed E-state index contributed by atoms with van der Waals surface area (Å²) in [4.78, 5) is 214. The molecule has 2 rings (SSSR count).